The lowest BCUT2D eigenvalue weighted by atomic mass is 9.58. The van der Waals surface area contributed by atoms with Gasteiger partial charge in [0.25, 0.3) is 0 Å². The maximum Gasteiger partial charge on any atom is 0.320 e. The summed E-state index contributed by atoms with van der Waals surface area (Å²) in [5, 5.41) is 13.2. The molecule has 0 unspecified atom stereocenters. The van der Waals surface area contributed by atoms with Crippen LogP contribution >= 0.6 is 0 Å². The van der Waals surface area contributed by atoms with Gasteiger partial charge >= 0.3 is 6.03 Å². The fourth-order valence-electron chi connectivity index (χ4n) is 4.29. The van der Waals surface area contributed by atoms with E-state index in [2.05, 4.69) is 5.32 Å². The van der Waals surface area contributed by atoms with E-state index in [-0.39, 0.29) is 36.0 Å². The Hall–Kier alpha value is -1.34. The number of hydrogen-bond donors (Lipinski definition) is 2. The van der Waals surface area contributed by atoms with Crippen LogP contribution in [0.25, 0.3) is 0 Å². The van der Waals surface area contributed by atoms with Gasteiger partial charge in [-0.15, -0.1) is 0 Å². The third kappa shape index (κ3) is 2.59. The molecule has 2 aliphatic carbocycles. The van der Waals surface area contributed by atoms with Gasteiger partial charge in [0.1, 0.15) is 6.54 Å². The third-order valence-electron chi connectivity index (χ3n) is 6.02. The van der Waals surface area contributed by atoms with Crippen LogP contribution in [0.2, 0.25) is 0 Å². The van der Waals surface area contributed by atoms with Crippen molar-refractivity contribution in [3.05, 3.63) is 0 Å². The minimum absolute atomic E-state index is 0.00271. The summed E-state index contributed by atoms with van der Waals surface area (Å²) in [5.41, 5.74) is -0.219. The first-order valence-electron chi connectivity index (χ1n) is 8.71. The zero-order valence-electron chi connectivity index (χ0n) is 13.4. The largest absolute Gasteiger partial charge is 0.392 e. The predicted octanol–water partition coefficient (Wildman–Crippen LogP) is -0.0674. The van der Waals surface area contributed by atoms with Crippen LogP contribution in [-0.4, -0.2) is 77.9 Å². The van der Waals surface area contributed by atoms with Crippen LogP contribution in [0, 0.1) is 5.41 Å². The Morgan fingerprint density at radius 1 is 1.30 bits per heavy atom. The molecule has 0 bridgehead atoms. The second-order valence-electron chi connectivity index (χ2n) is 7.35. The lowest BCUT2D eigenvalue weighted by Crippen LogP contribution is -2.66. The maximum absolute atomic E-state index is 12.3. The Bertz CT molecular complexity index is 502. The lowest BCUT2D eigenvalue weighted by molar-refractivity contribution is -0.156. The second kappa shape index (κ2) is 5.63. The molecule has 2 saturated heterocycles. The molecule has 2 saturated carbocycles. The molecule has 0 aromatic carbocycles. The second-order valence-corrected chi connectivity index (χ2v) is 7.35. The van der Waals surface area contributed by atoms with Crippen molar-refractivity contribution in [2.75, 3.05) is 32.8 Å². The number of aliphatic hydroxyl groups is 1. The SMILES string of the molecule is O=C(CN1CCN(C2CC2)C1=O)N[C@@H]1C[C@@H](O)C12CCOCC2. The third-order valence-corrected chi connectivity index (χ3v) is 6.02. The van der Waals surface area contributed by atoms with Crippen LogP contribution in [0.5, 0.6) is 0 Å². The number of carbonyl (C=O) groups is 2. The Morgan fingerprint density at radius 3 is 2.70 bits per heavy atom. The van der Waals surface area contributed by atoms with Crippen molar-refractivity contribution in [2.24, 2.45) is 5.41 Å². The molecular weight excluding hydrogens is 298 g/mol. The summed E-state index contributed by atoms with van der Waals surface area (Å²) in [6.07, 6.45) is 4.02. The van der Waals surface area contributed by atoms with Crippen molar-refractivity contribution in [3.63, 3.8) is 0 Å². The minimum Gasteiger partial charge on any atom is -0.392 e. The number of amides is 3. The number of ether oxygens (including phenoxy) is 1. The van der Waals surface area contributed by atoms with E-state index in [9.17, 15) is 14.7 Å². The van der Waals surface area contributed by atoms with E-state index in [1.54, 1.807) is 4.90 Å². The summed E-state index contributed by atoms with van der Waals surface area (Å²) >= 11 is 0. The molecule has 4 fully saturated rings. The first kappa shape index (κ1) is 15.2. The fourth-order valence-corrected chi connectivity index (χ4v) is 4.29. The van der Waals surface area contributed by atoms with Crippen molar-refractivity contribution < 1.29 is 19.4 Å². The molecule has 4 rings (SSSR count). The molecule has 4 aliphatic rings. The number of nitrogens with zero attached hydrogens (tertiary/aromatic N) is 2. The van der Waals surface area contributed by atoms with Crippen LogP contribution in [0.1, 0.15) is 32.1 Å². The summed E-state index contributed by atoms with van der Waals surface area (Å²) in [5.74, 6) is -0.112. The monoisotopic (exact) mass is 323 g/mol. The van der Waals surface area contributed by atoms with Gasteiger partial charge < -0.3 is 25.0 Å². The molecule has 0 aromatic heterocycles. The van der Waals surface area contributed by atoms with Gasteiger partial charge in [0, 0.05) is 43.8 Å². The van der Waals surface area contributed by atoms with E-state index in [0.29, 0.717) is 32.2 Å². The molecule has 7 nitrogen and oxygen atoms in total. The Balaban J connectivity index is 1.31. The molecule has 2 N–H and O–H groups in total. The number of aliphatic hydroxyl groups excluding tert-OH is 1. The van der Waals surface area contributed by atoms with Crippen molar-refractivity contribution in [3.8, 4) is 0 Å². The summed E-state index contributed by atoms with van der Waals surface area (Å²) < 4.78 is 5.38. The Morgan fingerprint density at radius 2 is 2.04 bits per heavy atom. The highest BCUT2D eigenvalue weighted by Crippen LogP contribution is 2.48. The number of carbonyl (C=O) groups excluding carboxylic acids is 2. The van der Waals surface area contributed by atoms with Gasteiger partial charge in [-0.2, -0.15) is 0 Å². The molecule has 2 aliphatic heterocycles. The zero-order chi connectivity index (χ0) is 16.0. The van der Waals surface area contributed by atoms with Crippen molar-refractivity contribution >= 4 is 11.9 Å². The molecule has 0 radical (unpaired) electrons. The van der Waals surface area contributed by atoms with E-state index < -0.39 is 0 Å². The van der Waals surface area contributed by atoms with Gasteiger partial charge in [0.2, 0.25) is 5.91 Å². The van der Waals surface area contributed by atoms with E-state index in [0.717, 1.165) is 32.2 Å². The van der Waals surface area contributed by atoms with Crippen molar-refractivity contribution in [1.29, 1.82) is 0 Å². The molecule has 0 aromatic rings. The average molecular weight is 323 g/mol. The maximum atomic E-state index is 12.3. The topological polar surface area (TPSA) is 82.1 Å². The van der Waals surface area contributed by atoms with Gasteiger partial charge in [0.05, 0.1) is 6.10 Å². The first-order valence-corrected chi connectivity index (χ1v) is 8.71. The van der Waals surface area contributed by atoms with Gasteiger partial charge in [-0.05, 0) is 32.1 Å². The quantitative estimate of drug-likeness (QED) is 0.759. The fraction of sp³-hybridized carbons (Fsp3) is 0.875. The van der Waals surface area contributed by atoms with Gasteiger partial charge in [-0.1, -0.05) is 0 Å². The number of rotatable bonds is 4. The molecule has 23 heavy (non-hydrogen) atoms. The molecule has 128 valence electrons. The normalized spacial score (nSPS) is 33.0. The van der Waals surface area contributed by atoms with Crippen LogP contribution in [-0.2, 0) is 9.53 Å². The minimum atomic E-state index is -0.351. The standard InChI is InChI=1S/C16H25N3O4/c20-13-9-12(16(13)3-7-23-8-4-16)17-14(21)10-18-5-6-19(15(18)22)11-1-2-11/h11-13,20H,1-10H2,(H,17,21)/t12-,13-/m1/s1. The van der Waals surface area contributed by atoms with Crippen LogP contribution in [0.4, 0.5) is 4.79 Å². The van der Waals surface area contributed by atoms with E-state index in [1.165, 1.54) is 0 Å². The molecule has 2 atom stereocenters. The van der Waals surface area contributed by atoms with E-state index in [1.807, 2.05) is 4.90 Å². The number of nitrogens with one attached hydrogen (secondary N) is 1. The van der Waals surface area contributed by atoms with Crippen LogP contribution in [0.3, 0.4) is 0 Å². The highest BCUT2D eigenvalue weighted by atomic mass is 16.5. The van der Waals surface area contributed by atoms with Crippen molar-refractivity contribution in [2.45, 2.75) is 50.3 Å². The molecule has 7 heteroatoms. The van der Waals surface area contributed by atoms with E-state index >= 15 is 0 Å². The Labute approximate surface area is 135 Å². The van der Waals surface area contributed by atoms with E-state index in [4.69, 9.17) is 4.74 Å². The predicted molar refractivity (Wildman–Crippen MR) is 81.7 cm³/mol. The van der Waals surface area contributed by atoms with Gasteiger partial charge in [0.15, 0.2) is 0 Å². The van der Waals surface area contributed by atoms with Crippen LogP contribution < -0.4 is 5.32 Å². The van der Waals surface area contributed by atoms with Gasteiger partial charge in [-0.25, -0.2) is 4.79 Å². The lowest BCUT2D eigenvalue weighted by Gasteiger charge is -2.55. The highest BCUT2D eigenvalue weighted by Gasteiger charge is 2.55. The summed E-state index contributed by atoms with van der Waals surface area (Å²) in [6.45, 7) is 2.78. The molecule has 2 heterocycles. The zero-order valence-corrected chi connectivity index (χ0v) is 13.4. The van der Waals surface area contributed by atoms with Crippen molar-refractivity contribution in [1.82, 2.24) is 15.1 Å². The summed E-state index contributed by atoms with van der Waals surface area (Å²) in [4.78, 5) is 28.1. The van der Waals surface area contributed by atoms with Gasteiger partial charge in [-0.3, -0.25) is 4.79 Å². The number of hydrogen-bond acceptors (Lipinski definition) is 4. The Kier molecular flexibility index (Phi) is 3.72. The average Bonchev–Trinajstić information content (AvgIpc) is 3.34. The smallest absolute Gasteiger partial charge is 0.320 e. The first-order chi connectivity index (χ1) is 11.1. The number of urea groups is 1. The summed E-state index contributed by atoms with van der Waals surface area (Å²) in [7, 11) is 0. The highest BCUT2D eigenvalue weighted by molar-refractivity contribution is 5.85. The molecular formula is C16H25N3O4. The molecule has 3 amide bonds. The van der Waals surface area contributed by atoms with Crippen LogP contribution in [0.15, 0.2) is 0 Å². The molecule has 1 spiro atoms. The summed E-state index contributed by atoms with van der Waals surface area (Å²) in [6, 6.07) is 0.408.